The van der Waals surface area contributed by atoms with Gasteiger partial charge >= 0.3 is 0 Å². The monoisotopic (exact) mass is 403 g/mol. The van der Waals surface area contributed by atoms with Crippen molar-refractivity contribution < 1.29 is 18.3 Å². The fourth-order valence-corrected chi connectivity index (χ4v) is 2.80. The quantitative estimate of drug-likeness (QED) is 0.493. The first-order valence-electron chi connectivity index (χ1n) is 9.31. The maximum atomic E-state index is 13.0. The first kappa shape index (κ1) is 19.3. The number of hydrogen-bond acceptors (Lipinski definition) is 5. The van der Waals surface area contributed by atoms with Crippen LogP contribution in [0.15, 0.2) is 83.3 Å². The maximum Gasteiger partial charge on any atom is 0.265 e. The molecule has 6 nitrogen and oxygen atoms in total. The molecule has 30 heavy (non-hydrogen) atoms. The Bertz CT molecular complexity index is 1140. The van der Waals surface area contributed by atoms with E-state index in [1.807, 2.05) is 36.4 Å². The Morgan fingerprint density at radius 3 is 2.37 bits per heavy atom. The number of benzene rings is 3. The summed E-state index contributed by atoms with van der Waals surface area (Å²) in [4.78, 5) is 12.5. The number of amides is 1. The number of nitrogens with zero attached hydrogens (tertiary/aromatic N) is 2. The van der Waals surface area contributed by atoms with Crippen molar-refractivity contribution in [2.75, 3.05) is 5.32 Å². The standard InChI is InChI=1S/C23H18FN3O3/c1-15(21(28)25-18-13-11-17(24)12-14-18)29-20-10-6-5-9-19(20)23-27-26-22(30-23)16-7-3-2-4-8-16/h2-15H,1H3,(H,25,28)/t15-/m0/s1. The molecule has 1 heterocycles. The fourth-order valence-electron chi connectivity index (χ4n) is 2.80. The summed E-state index contributed by atoms with van der Waals surface area (Å²) in [5.74, 6) is 0.369. The van der Waals surface area contributed by atoms with Crippen LogP contribution >= 0.6 is 0 Å². The van der Waals surface area contributed by atoms with Crippen LogP contribution in [-0.4, -0.2) is 22.2 Å². The summed E-state index contributed by atoms with van der Waals surface area (Å²) in [6.45, 7) is 1.62. The number of rotatable bonds is 6. The van der Waals surface area contributed by atoms with Crippen LogP contribution in [0.3, 0.4) is 0 Å². The molecule has 7 heteroatoms. The molecule has 1 atom stereocenters. The Kier molecular flexibility index (Phi) is 5.52. The van der Waals surface area contributed by atoms with Crippen LogP contribution in [0, 0.1) is 5.82 Å². The van der Waals surface area contributed by atoms with E-state index in [-0.39, 0.29) is 17.6 Å². The molecule has 0 saturated heterocycles. The number of hydrogen-bond donors (Lipinski definition) is 1. The number of ether oxygens (including phenoxy) is 1. The predicted octanol–water partition coefficient (Wildman–Crippen LogP) is 4.95. The van der Waals surface area contributed by atoms with Gasteiger partial charge in [-0.25, -0.2) is 4.39 Å². The normalized spacial score (nSPS) is 11.7. The third-order valence-electron chi connectivity index (χ3n) is 4.35. The SMILES string of the molecule is C[C@H](Oc1ccccc1-c1nnc(-c2ccccc2)o1)C(=O)Nc1ccc(F)cc1. The number of para-hydroxylation sites is 1. The van der Waals surface area contributed by atoms with Crippen LogP contribution in [0.5, 0.6) is 5.75 Å². The highest BCUT2D eigenvalue weighted by Gasteiger charge is 2.20. The van der Waals surface area contributed by atoms with Gasteiger partial charge in [0.2, 0.25) is 5.89 Å². The van der Waals surface area contributed by atoms with Gasteiger partial charge in [-0.05, 0) is 55.5 Å². The minimum atomic E-state index is -0.812. The Morgan fingerprint density at radius 1 is 0.933 bits per heavy atom. The second kappa shape index (κ2) is 8.57. The molecule has 1 N–H and O–H groups in total. The second-order valence-corrected chi connectivity index (χ2v) is 6.53. The van der Waals surface area contributed by atoms with Crippen molar-refractivity contribution >= 4 is 11.6 Å². The Hall–Kier alpha value is -4.00. The number of halogens is 1. The van der Waals surface area contributed by atoms with Gasteiger partial charge in [0.25, 0.3) is 11.8 Å². The van der Waals surface area contributed by atoms with Gasteiger partial charge in [-0.15, -0.1) is 10.2 Å². The van der Waals surface area contributed by atoms with Crippen molar-refractivity contribution in [2.45, 2.75) is 13.0 Å². The molecular formula is C23H18FN3O3. The minimum absolute atomic E-state index is 0.288. The average molecular weight is 403 g/mol. The molecule has 1 amide bonds. The van der Waals surface area contributed by atoms with E-state index in [1.165, 1.54) is 24.3 Å². The lowest BCUT2D eigenvalue weighted by molar-refractivity contribution is -0.122. The molecule has 0 saturated carbocycles. The predicted molar refractivity (Wildman–Crippen MR) is 110 cm³/mol. The summed E-state index contributed by atoms with van der Waals surface area (Å²) >= 11 is 0. The van der Waals surface area contributed by atoms with Crippen molar-refractivity contribution in [1.29, 1.82) is 0 Å². The lowest BCUT2D eigenvalue weighted by atomic mass is 10.2. The van der Waals surface area contributed by atoms with Crippen LogP contribution < -0.4 is 10.1 Å². The van der Waals surface area contributed by atoms with Gasteiger partial charge in [-0.2, -0.15) is 0 Å². The minimum Gasteiger partial charge on any atom is -0.480 e. The highest BCUT2D eigenvalue weighted by Crippen LogP contribution is 2.31. The summed E-state index contributed by atoms with van der Waals surface area (Å²) in [5, 5.41) is 10.9. The number of anilines is 1. The van der Waals surface area contributed by atoms with E-state index in [0.717, 1.165) is 5.56 Å². The van der Waals surface area contributed by atoms with Crippen molar-refractivity contribution in [2.24, 2.45) is 0 Å². The van der Waals surface area contributed by atoms with E-state index in [2.05, 4.69) is 15.5 Å². The van der Waals surface area contributed by atoms with Gasteiger partial charge in [-0.1, -0.05) is 30.3 Å². The van der Waals surface area contributed by atoms with Gasteiger partial charge in [0.05, 0.1) is 5.56 Å². The van der Waals surface area contributed by atoms with E-state index in [1.54, 1.807) is 25.1 Å². The fraction of sp³-hybridized carbons (Fsp3) is 0.0870. The first-order chi connectivity index (χ1) is 14.6. The van der Waals surface area contributed by atoms with Crippen LogP contribution in [0.25, 0.3) is 22.9 Å². The molecule has 150 valence electrons. The Balaban J connectivity index is 1.51. The summed E-state index contributed by atoms with van der Waals surface area (Å²) in [6.07, 6.45) is -0.812. The molecule has 0 spiro atoms. The van der Waals surface area contributed by atoms with E-state index < -0.39 is 6.10 Å². The van der Waals surface area contributed by atoms with Crippen molar-refractivity contribution in [3.8, 4) is 28.7 Å². The van der Waals surface area contributed by atoms with Gasteiger partial charge in [0.1, 0.15) is 11.6 Å². The van der Waals surface area contributed by atoms with Crippen molar-refractivity contribution in [3.63, 3.8) is 0 Å². The van der Waals surface area contributed by atoms with E-state index in [4.69, 9.17) is 9.15 Å². The topological polar surface area (TPSA) is 77.2 Å². The largest absolute Gasteiger partial charge is 0.480 e. The van der Waals surface area contributed by atoms with Crippen molar-refractivity contribution in [3.05, 3.63) is 84.7 Å². The zero-order valence-electron chi connectivity index (χ0n) is 16.1. The molecule has 0 unspecified atom stereocenters. The van der Waals surface area contributed by atoms with Gasteiger partial charge < -0.3 is 14.5 Å². The lowest BCUT2D eigenvalue weighted by Crippen LogP contribution is -2.30. The van der Waals surface area contributed by atoms with Crippen LogP contribution in [0.2, 0.25) is 0 Å². The summed E-state index contributed by atoms with van der Waals surface area (Å²) in [6, 6.07) is 22.1. The number of nitrogens with one attached hydrogen (secondary N) is 1. The molecule has 0 radical (unpaired) electrons. The maximum absolute atomic E-state index is 13.0. The summed E-state index contributed by atoms with van der Waals surface area (Å²) < 4.78 is 24.7. The number of carbonyl (C=O) groups excluding carboxylic acids is 1. The molecule has 0 fully saturated rings. The zero-order chi connectivity index (χ0) is 20.9. The molecule has 0 aliphatic heterocycles. The van der Waals surface area contributed by atoms with Crippen LogP contribution in [0.4, 0.5) is 10.1 Å². The lowest BCUT2D eigenvalue weighted by Gasteiger charge is -2.16. The molecule has 4 aromatic rings. The van der Waals surface area contributed by atoms with Gasteiger partial charge in [-0.3, -0.25) is 4.79 Å². The van der Waals surface area contributed by atoms with Gasteiger partial charge in [0.15, 0.2) is 6.10 Å². The van der Waals surface area contributed by atoms with E-state index in [9.17, 15) is 9.18 Å². The summed E-state index contributed by atoms with van der Waals surface area (Å²) in [7, 11) is 0. The number of carbonyl (C=O) groups is 1. The smallest absolute Gasteiger partial charge is 0.265 e. The zero-order valence-corrected chi connectivity index (χ0v) is 16.1. The van der Waals surface area contributed by atoms with E-state index in [0.29, 0.717) is 22.9 Å². The molecule has 0 aliphatic rings. The average Bonchev–Trinajstić information content (AvgIpc) is 3.26. The first-order valence-corrected chi connectivity index (χ1v) is 9.31. The van der Waals surface area contributed by atoms with Crippen LogP contribution in [0.1, 0.15) is 6.92 Å². The Labute approximate surface area is 172 Å². The molecule has 0 aliphatic carbocycles. The van der Waals surface area contributed by atoms with Crippen molar-refractivity contribution in [1.82, 2.24) is 10.2 Å². The number of aromatic nitrogens is 2. The van der Waals surface area contributed by atoms with E-state index >= 15 is 0 Å². The Morgan fingerprint density at radius 2 is 1.60 bits per heavy atom. The molecule has 0 bridgehead atoms. The molecule has 3 aromatic carbocycles. The highest BCUT2D eigenvalue weighted by molar-refractivity contribution is 5.94. The molecular weight excluding hydrogens is 385 g/mol. The van der Waals surface area contributed by atoms with Gasteiger partial charge in [0, 0.05) is 11.3 Å². The van der Waals surface area contributed by atoms with Crippen LogP contribution in [-0.2, 0) is 4.79 Å². The second-order valence-electron chi connectivity index (χ2n) is 6.53. The third-order valence-corrected chi connectivity index (χ3v) is 4.35. The molecule has 1 aromatic heterocycles. The molecule has 4 rings (SSSR count). The third kappa shape index (κ3) is 4.35. The highest BCUT2D eigenvalue weighted by atomic mass is 19.1. The summed E-state index contributed by atoms with van der Waals surface area (Å²) in [5.41, 5.74) is 1.87.